The predicted octanol–water partition coefficient (Wildman–Crippen LogP) is 1.98. The molecular weight excluding hydrogens is 236 g/mol. The highest BCUT2D eigenvalue weighted by molar-refractivity contribution is 7.92. The zero-order valence-electron chi connectivity index (χ0n) is 9.96. The first-order chi connectivity index (χ1) is 7.98. The summed E-state index contributed by atoms with van der Waals surface area (Å²) in [5.74, 6) is 0. The molecule has 0 saturated heterocycles. The van der Waals surface area contributed by atoms with Crippen LogP contribution in [0.25, 0.3) is 0 Å². The summed E-state index contributed by atoms with van der Waals surface area (Å²) in [6, 6.07) is 7.16. The van der Waals surface area contributed by atoms with Crippen molar-refractivity contribution in [1.29, 1.82) is 0 Å². The lowest BCUT2D eigenvalue weighted by molar-refractivity contribution is 0.580. The molecule has 0 heterocycles. The molecule has 1 aliphatic rings. The van der Waals surface area contributed by atoms with E-state index >= 15 is 0 Å². The van der Waals surface area contributed by atoms with E-state index in [-0.39, 0.29) is 6.04 Å². The lowest BCUT2D eigenvalue weighted by Crippen LogP contribution is -2.38. The SMILES string of the molecule is CS(=O)(=O)N(c1cccc(N)c1)C1CCCC1. The van der Waals surface area contributed by atoms with E-state index in [0.717, 1.165) is 25.7 Å². The van der Waals surface area contributed by atoms with Crippen LogP contribution >= 0.6 is 0 Å². The van der Waals surface area contributed by atoms with Crippen molar-refractivity contribution < 1.29 is 8.42 Å². The van der Waals surface area contributed by atoms with Gasteiger partial charge in [0, 0.05) is 11.7 Å². The number of sulfonamides is 1. The fourth-order valence-corrected chi connectivity index (χ4v) is 3.72. The van der Waals surface area contributed by atoms with E-state index in [4.69, 9.17) is 5.73 Å². The summed E-state index contributed by atoms with van der Waals surface area (Å²) in [4.78, 5) is 0. The van der Waals surface area contributed by atoms with Crippen LogP contribution < -0.4 is 10.0 Å². The zero-order chi connectivity index (χ0) is 12.5. The molecule has 2 rings (SSSR count). The van der Waals surface area contributed by atoms with Crippen molar-refractivity contribution in [3.8, 4) is 0 Å². The second kappa shape index (κ2) is 4.56. The number of anilines is 2. The van der Waals surface area contributed by atoms with Crippen LogP contribution in [-0.4, -0.2) is 20.7 Å². The van der Waals surface area contributed by atoms with Crippen molar-refractivity contribution in [2.75, 3.05) is 16.3 Å². The minimum absolute atomic E-state index is 0.0896. The molecule has 0 unspecified atom stereocenters. The maximum absolute atomic E-state index is 11.9. The summed E-state index contributed by atoms with van der Waals surface area (Å²) in [7, 11) is -3.24. The topological polar surface area (TPSA) is 63.4 Å². The fraction of sp³-hybridized carbons (Fsp3) is 0.500. The largest absolute Gasteiger partial charge is 0.399 e. The third-order valence-corrected chi connectivity index (χ3v) is 4.36. The summed E-state index contributed by atoms with van der Waals surface area (Å²) >= 11 is 0. The second-order valence-electron chi connectivity index (χ2n) is 4.59. The molecule has 0 radical (unpaired) electrons. The van der Waals surface area contributed by atoms with E-state index in [2.05, 4.69) is 0 Å². The van der Waals surface area contributed by atoms with Crippen molar-refractivity contribution in [3.05, 3.63) is 24.3 Å². The third kappa shape index (κ3) is 2.72. The molecule has 4 nitrogen and oxygen atoms in total. The van der Waals surface area contributed by atoms with Gasteiger partial charge < -0.3 is 5.73 Å². The lowest BCUT2D eigenvalue weighted by Gasteiger charge is -2.28. The maximum atomic E-state index is 11.9. The van der Waals surface area contributed by atoms with Gasteiger partial charge in [0.1, 0.15) is 0 Å². The molecule has 1 fully saturated rings. The minimum Gasteiger partial charge on any atom is -0.399 e. The van der Waals surface area contributed by atoms with Crippen LogP contribution in [0.4, 0.5) is 11.4 Å². The number of rotatable bonds is 3. The average molecular weight is 254 g/mol. The van der Waals surface area contributed by atoms with Crippen LogP contribution in [0.15, 0.2) is 24.3 Å². The number of hydrogen-bond acceptors (Lipinski definition) is 3. The lowest BCUT2D eigenvalue weighted by atomic mass is 10.2. The van der Waals surface area contributed by atoms with Crippen LogP contribution in [-0.2, 0) is 10.0 Å². The zero-order valence-corrected chi connectivity index (χ0v) is 10.8. The quantitative estimate of drug-likeness (QED) is 0.839. The van der Waals surface area contributed by atoms with Gasteiger partial charge in [-0.2, -0.15) is 0 Å². The Morgan fingerprint density at radius 2 is 1.94 bits per heavy atom. The Kier molecular flexibility index (Phi) is 3.28. The number of nitrogens with zero attached hydrogens (tertiary/aromatic N) is 1. The van der Waals surface area contributed by atoms with Gasteiger partial charge in [0.2, 0.25) is 10.0 Å². The van der Waals surface area contributed by atoms with Gasteiger partial charge in [0.25, 0.3) is 0 Å². The van der Waals surface area contributed by atoms with Crippen LogP contribution in [0.2, 0.25) is 0 Å². The molecule has 0 aliphatic heterocycles. The molecule has 0 aromatic heterocycles. The number of nitrogens with two attached hydrogens (primary N) is 1. The predicted molar refractivity (Wildman–Crippen MR) is 70.4 cm³/mol. The Morgan fingerprint density at radius 3 is 2.47 bits per heavy atom. The molecule has 0 spiro atoms. The van der Waals surface area contributed by atoms with Crippen molar-refractivity contribution >= 4 is 21.4 Å². The molecule has 2 N–H and O–H groups in total. The Balaban J connectivity index is 2.40. The monoisotopic (exact) mass is 254 g/mol. The summed E-state index contributed by atoms with van der Waals surface area (Å²) in [6.45, 7) is 0. The van der Waals surface area contributed by atoms with E-state index in [1.54, 1.807) is 24.3 Å². The van der Waals surface area contributed by atoms with E-state index in [0.29, 0.717) is 11.4 Å². The van der Waals surface area contributed by atoms with E-state index in [1.807, 2.05) is 0 Å². The summed E-state index contributed by atoms with van der Waals surface area (Å²) < 4.78 is 25.4. The van der Waals surface area contributed by atoms with E-state index < -0.39 is 10.0 Å². The van der Waals surface area contributed by atoms with Gasteiger partial charge in [-0.05, 0) is 31.0 Å². The van der Waals surface area contributed by atoms with Crippen molar-refractivity contribution in [2.45, 2.75) is 31.7 Å². The molecule has 1 aromatic carbocycles. The Morgan fingerprint density at radius 1 is 1.29 bits per heavy atom. The molecule has 0 bridgehead atoms. The number of hydrogen-bond donors (Lipinski definition) is 1. The van der Waals surface area contributed by atoms with E-state index in [1.165, 1.54) is 10.6 Å². The molecule has 94 valence electrons. The van der Waals surface area contributed by atoms with Crippen LogP contribution in [0.3, 0.4) is 0 Å². The second-order valence-corrected chi connectivity index (χ2v) is 6.45. The molecule has 5 heteroatoms. The first-order valence-electron chi connectivity index (χ1n) is 5.83. The van der Waals surface area contributed by atoms with Crippen LogP contribution in [0.1, 0.15) is 25.7 Å². The van der Waals surface area contributed by atoms with Gasteiger partial charge >= 0.3 is 0 Å². The molecule has 17 heavy (non-hydrogen) atoms. The van der Waals surface area contributed by atoms with Crippen molar-refractivity contribution in [3.63, 3.8) is 0 Å². The third-order valence-electron chi connectivity index (χ3n) is 3.14. The first kappa shape index (κ1) is 12.2. The van der Waals surface area contributed by atoms with Crippen LogP contribution in [0.5, 0.6) is 0 Å². The molecule has 1 aliphatic carbocycles. The van der Waals surface area contributed by atoms with E-state index in [9.17, 15) is 8.42 Å². The highest BCUT2D eigenvalue weighted by Gasteiger charge is 2.29. The van der Waals surface area contributed by atoms with Gasteiger partial charge in [-0.1, -0.05) is 18.9 Å². The highest BCUT2D eigenvalue weighted by atomic mass is 32.2. The summed E-state index contributed by atoms with van der Waals surface area (Å²) in [5.41, 5.74) is 6.99. The summed E-state index contributed by atoms with van der Waals surface area (Å²) in [6.07, 6.45) is 5.32. The van der Waals surface area contributed by atoms with Gasteiger partial charge in [-0.15, -0.1) is 0 Å². The molecule has 1 saturated carbocycles. The normalized spacial score (nSPS) is 17.2. The van der Waals surface area contributed by atoms with Gasteiger partial charge in [-0.25, -0.2) is 8.42 Å². The Hall–Kier alpha value is -1.23. The molecule has 0 amide bonds. The van der Waals surface area contributed by atoms with Crippen molar-refractivity contribution in [1.82, 2.24) is 0 Å². The average Bonchev–Trinajstić information content (AvgIpc) is 2.69. The maximum Gasteiger partial charge on any atom is 0.232 e. The Labute approximate surface area is 102 Å². The van der Waals surface area contributed by atoms with Gasteiger partial charge in [0.15, 0.2) is 0 Å². The van der Waals surface area contributed by atoms with Gasteiger partial charge in [-0.3, -0.25) is 4.31 Å². The number of nitrogen functional groups attached to an aromatic ring is 1. The number of benzene rings is 1. The van der Waals surface area contributed by atoms with Crippen LogP contribution in [0, 0.1) is 0 Å². The van der Waals surface area contributed by atoms with Gasteiger partial charge in [0.05, 0.1) is 11.9 Å². The standard InChI is InChI=1S/C12H18N2O2S/c1-17(15,16)14(11-6-2-3-7-11)12-8-4-5-10(13)9-12/h4-5,8-9,11H,2-3,6-7,13H2,1H3. The van der Waals surface area contributed by atoms with Crippen molar-refractivity contribution in [2.24, 2.45) is 0 Å². The molecule has 0 atom stereocenters. The summed E-state index contributed by atoms with van der Waals surface area (Å²) in [5, 5.41) is 0. The first-order valence-corrected chi connectivity index (χ1v) is 7.68. The molecule has 1 aromatic rings. The fourth-order valence-electron chi connectivity index (χ4n) is 2.47. The highest BCUT2D eigenvalue weighted by Crippen LogP contribution is 2.31. The Bertz CT molecular complexity index is 493. The smallest absolute Gasteiger partial charge is 0.232 e. The minimum atomic E-state index is -3.24. The molecular formula is C12H18N2O2S.